The van der Waals surface area contributed by atoms with E-state index in [4.69, 9.17) is 21.4 Å². The minimum atomic E-state index is -0.998. The quantitative estimate of drug-likeness (QED) is 0.931. The van der Waals surface area contributed by atoms with Gasteiger partial charge in [0.05, 0.1) is 11.3 Å². The number of hydrogen-bond donors (Lipinski definition) is 1. The Morgan fingerprint density at radius 1 is 1.32 bits per heavy atom. The number of carbonyl (C=O) groups is 1. The molecule has 0 fully saturated rings. The zero-order valence-corrected chi connectivity index (χ0v) is 11.0. The Balaban J connectivity index is 2.11. The molecule has 5 heteroatoms. The van der Waals surface area contributed by atoms with Gasteiger partial charge in [-0.1, -0.05) is 29.8 Å². The molecule has 98 valence electrons. The molecule has 0 aliphatic carbocycles. The average Bonchev–Trinajstić information content (AvgIpc) is 2.37. The molecule has 0 bridgehead atoms. The summed E-state index contributed by atoms with van der Waals surface area (Å²) in [4.78, 5) is 15.0. The molecule has 1 aromatic heterocycles. The van der Waals surface area contributed by atoms with Crippen molar-refractivity contribution >= 4 is 17.6 Å². The van der Waals surface area contributed by atoms with Crippen LogP contribution in [0.2, 0.25) is 5.02 Å². The van der Waals surface area contributed by atoms with Crippen molar-refractivity contribution in [2.24, 2.45) is 0 Å². The molecule has 1 N–H and O–H groups in total. The second-order valence-electron chi connectivity index (χ2n) is 3.97. The highest BCUT2D eigenvalue weighted by Crippen LogP contribution is 2.18. The summed E-state index contributed by atoms with van der Waals surface area (Å²) in [5.41, 5.74) is 1.44. The van der Waals surface area contributed by atoms with E-state index in [2.05, 4.69) is 4.98 Å². The molecule has 0 atom stereocenters. The topological polar surface area (TPSA) is 59.4 Å². The smallest absolute Gasteiger partial charge is 0.337 e. The number of hydrogen-bond acceptors (Lipinski definition) is 3. The van der Waals surface area contributed by atoms with E-state index in [0.717, 1.165) is 5.56 Å². The lowest BCUT2D eigenvalue weighted by molar-refractivity contribution is 0.0695. The number of rotatable bonds is 4. The van der Waals surface area contributed by atoms with Crippen molar-refractivity contribution in [3.05, 3.63) is 58.2 Å². The number of carboxylic acids is 1. The van der Waals surface area contributed by atoms with E-state index < -0.39 is 5.97 Å². The Bertz CT molecular complexity index is 613. The number of halogens is 1. The standard InChI is InChI=1S/C14H12ClNO3/c1-9-11(14(17)18)6-7-13(16-9)19-8-10-4-2-3-5-12(10)15/h2-7H,8H2,1H3,(H,17,18). The van der Waals surface area contributed by atoms with Crippen LogP contribution in [-0.2, 0) is 6.61 Å². The maximum absolute atomic E-state index is 10.9. The molecule has 0 saturated carbocycles. The first-order chi connectivity index (χ1) is 9.08. The van der Waals surface area contributed by atoms with Crippen LogP contribution in [0.15, 0.2) is 36.4 Å². The van der Waals surface area contributed by atoms with Crippen LogP contribution in [0.3, 0.4) is 0 Å². The van der Waals surface area contributed by atoms with Crippen LogP contribution in [-0.4, -0.2) is 16.1 Å². The van der Waals surface area contributed by atoms with Gasteiger partial charge in [0.1, 0.15) is 6.61 Å². The summed E-state index contributed by atoms with van der Waals surface area (Å²) in [6, 6.07) is 10.4. The lowest BCUT2D eigenvalue weighted by atomic mass is 10.2. The van der Waals surface area contributed by atoms with E-state index in [1.54, 1.807) is 13.0 Å². The normalized spacial score (nSPS) is 10.2. The first-order valence-corrected chi connectivity index (χ1v) is 6.03. The van der Waals surface area contributed by atoms with Crippen LogP contribution in [0.25, 0.3) is 0 Å². The lowest BCUT2D eigenvalue weighted by Gasteiger charge is -2.08. The summed E-state index contributed by atoms with van der Waals surface area (Å²) in [5, 5.41) is 9.53. The van der Waals surface area contributed by atoms with Crippen LogP contribution in [0.1, 0.15) is 21.6 Å². The van der Waals surface area contributed by atoms with Gasteiger partial charge in [-0.05, 0) is 19.1 Å². The van der Waals surface area contributed by atoms with Crippen LogP contribution < -0.4 is 4.74 Å². The van der Waals surface area contributed by atoms with Crippen LogP contribution in [0.5, 0.6) is 5.88 Å². The molecule has 4 nitrogen and oxygen atoms in total. The molecule has 0 amide bonds. The Kier molecular flexibility index (Phi) is 4.02. The third kappa shape index (κ3) is 3.23. The maximum Gasteiger partial charge on any atom is 0.337 e. The fourth-order valence-electron chi connectivity index (χ4n) is 1.61. The van der Waals surface area contributed by atoms with Gasteiger partial charge in [-0.3, -0.25) is 0 Å². The molecule has 0 aliphatic heterocycles. The molecule has 1 aromatic carbocycles. The van der Waals surface area contributed by atoms with Crippen molar-refractivity contribution in [1.29, 1.82) is 0 Å². The number of benzene rings is 1. The van der Waals surface area contributed by atoms with Gasteiger partial charge in [0.25, 0.3) is 0 Å². The van der Waals surface area contributed by atoms with Gasteiger partial charge in [-0.15, -0.1) is 0 Å². The minimum absolute atomic E-state index is 0.171. The van der Waals surface area contributed by atoms with Gasteiger partial charge in [-0.2, -0.15) is 0 Å². The lowest BCUT2D eigenvalue weighted by Crippen LogP contribution is -2.04. The van der Waals surface area contributed by atoms with Gasteiger partial charge in [0.2, 0.25) is 5.88 Å². The number of aryl methyl sites for hydroxylation is 1. The molecular formula is C14H12ClNO3. The molecule has 19 heavy (non-hydrogen) atoms. The first-order valence-electron chi connectivity index (χ1n) is 5.65. The zero-order valence-electron chi connectivity index (χ0n) is 10.3. The number of nitrogens with zero attached hydrogens (tertiary/aromatic N) is 1. The Morgan fingerprint density at radius 3 is 2.68 bits per heavy atom. The fourth-order valence-corrected chi connectivity index (χ4v) is 1.80. The fraction of sp³-hybridized carbons (Fsp3) is 0.143. The van der Waals surface area contributed by atoms with E-state index in [-0.39, 0.29) is 5.56 Å². The third-order valence-electron chi connectivity index (χ3n) is 2.62. The van der Waals surface area contributed by atoms with Crippen molar-refractivity contribution in [2.75, 3.05) is 0 Å². The van der Waals surface area contributed by atoms with E-state index >= 15 is 0 Å². The maximum atomic E-state index is 10.9. The monoisotopic (exact) mass is 277 g/mol. The first kappa shape index (κ1) is 13.4. The van der Waals surface area contributed by atoms with E-state index in [1.165, 1.54) is 12.1 Å². The second kappa shape index (κ2) is 5.71. The van der Waals surface area contributed by atoms with Crippen molar-refractivity contribution in [1.82, 2.24) is 4.98 Å². The molecule has 1 heterocycles. The van der Waals surface area contributed by atoms with Gasteiger partial charge in [0.15, 0.2) is 0 Å². The van der Waals surface area contributed by atoms with Crippen LogP contribution in [0, 0.1) is 6.92 Å². The van der Waals surface area contributed by atoms with Crippen LogP contribution >= 0.6 is 11.6 Å². The average molecular weight is 278 g/mol. The molecule has 2 aromatic rings. The van der Waals surface area contributed by atoms with E-state index in [0.29, 0.717) is 23.2 Å². The molecular weight excluding hydrogens is 266 g/mol. The molecule has 0 radical (unpaired) electrons. The molecule has 0 spiro atoms. The number of carboxylic acid groups (broad SMARTS) is 1. The van der Waals surface area contributed by atoms with Gasteiger partial charge in [-0.25, -0.2) is 9.78 Å². The Hall–Kier alpha value is -2.07. The van der Waals surface area contributed by atoms with Crippen molar-refractivity contribution in [2.45, 2.75) is 13.5 Å². The Labute approximate surface area is 115 Å². The zero-order chi connectivity index (χ0) is 13.8. The van der Waals surface area contributed by atoms with E-state index in [9.17, 15) is 4.79 Å². The van der Waals surface area contributed by atoms with Crippen molar-refractivity contribution in [3.8, 4) is 5.88 Å². The van der Waals surface area contributed by atoms with Crippen molar-refractivity contribution in [3.63, 3.8) is 0 Å². The summed E-state index contributed by atoms with van der Waals surface area (Å²) in [6.07, 6.45) is 0. The largest absolute Gasteiger partial charge is 0.478 e. The number of pyridine rings is 1. The summed E-state index contributed by atoms with van der Waals surface area (Å²) in [6.45, 7) is 1.92. The summed E-state index contributed by atoms with van der Waals surface area (Å²) >= 11 is 6.01. The second-order valence-corrected chi connectivity index (χ2v) is 4.37. The molecule has 2 rings (SSSR count). The van der Waals surface area contributed by atoms with Gasteiger partial charge in [0, 0.05) is 16.7 Å². The molecule has 0 aliphatic rings. The van der Waals surface area contributed by atoms with E-state index in [1.807, 2.05) is 18.2 Å². The summed E-state index contributed by atoms with van der Waals surface area (Å²) in [5.74, 6) is -0.620. The van der Waals surface area contributed by atoms with Gasteiger partial charge >= 0.3 is 5.97 Å². The predicted molar refractivity (Wildman–Crippen MR) is 71.7 cm³/mol. The highest BCUT2D eigenvalue weighted by Gasteiger charge is 2.09. The number of ether oxygens (including phenoxy) is 1. The molecule has 0 saturated heterocycles. The number of aromatic nitrogens is 1. The third-order valence-corrected chi connectivity index (χ3v) is 2.99. The molecule has 0 unspecified atom stereocenters. The predicted octanol–water partition coefficient (Wildman–Crippen LogP) is 3.32. The van der Waals surface area contributed by atoms with Gasteiger partial charge < -0.3 is 9.84 Å². The highest BCUT2D eigenvalue weighted by atomic mass is 35.5. The highest BCUT2D eigenvalue weighted by molar-refractivity contribution is 6.31. The summed E-state index contributed by atoms with van der Waals surface area (Å²) < 4.78 is 5.50. The minimum Gasteiger partial charge on any atom is -0.478 e. The van der Waals surface area contributed by atoms with Crippen molar-refractivity contribution < 1.29 is 14.6 Å². The summed E-state index contributed by atoms with van der Waals surface area (Å²) in [7, 11) is 0. The SMILES string of the molecule is Cc1nc(OCc2ccccc2Cl)ccc1C(=O)O. The van der Waals surface area contributed by atoms with Crippen LogP contribution in [0.4, 0.5) is 0 Å². The Morgan fingerprint density at radius 2 is 2.05 bits per heavy atom. The number of aromatic carboxylic acids is 1.